The van der Waals surface area contributed by atoms with Crippen LogP contribution in [-0.4, -0.2) is 25.7 Å². The van der Waals surface area contributed by atoms with E-state index in [0.717, 1.165) is 11.3 Å². The largest absolute Gasteiger partial charge is 0.306 e. The van der Waals surface area contributed by atoms with Crippen molar-refractivity contribution < 1.29 is 4.79 Å². The van der Waals surface area contributed by atoms with Crippen LogP contribution >= 0.6 is 0 Å². The third-order valence-electron chi connectivity index (χ3n) is 3.62. The highest BCUT2D eigenvalue weighted by molar-refractivity contribution is 6.04. The van der Waals surface area contributed by atoms with Crippen LogP contribution in [0.1, 0.15) is 41.4 Å². The summed E-state index contributed by atoms with van der Waals surface area (Å²) < 4.78 is 1.71. The summed E-state index contributed by atoms with van der Waals surface area (Å²) in [6.45, 7) is 6.00. The summed E-state index contributed by atoms with van der Waals surface area (Å²) in [5, 5.41) is 7.18. The van der Waals surface area contributed by atoms with Gasteiger partial charge < -0.3 is 5.32 Å². The van der Waals surface area contributed by atoms with E-state index in [1.54, 1.807) is 29.3 Å². The Hall–Kier alpha value is -3.02. The third kappa shape index (κ3) is 3.17. The van der Waals surface area contributed by atoms with Crippen molar-refractivity contribution in [3.05, 3.63) is 65.7 Å². The minimum absolute atomic E-state index is 0.112. The van der Waals surface area contributed by atoms with Gasteiger partial charge in [0.1, 0.15) is 5.82 Å². The van der Waals surface area contributed by atoms with Crippen LogP contribution < -0.4 is 5.32 Å². The van der Waals surface area contributed by atoms with E-state index in [4.69, 9.17) is 0 Å². The predicted octanol–water partition coefficient (Wildman–Crippen LogP) is 3.35. The molecule has 0 spiro atoms. The van der Waals surface area contributed by atoms with Crippen molar-refractivity contribution in [2.24, 2.45) is 0 Å². The maximum atomic E-state index is 12.6. The summed E-state index contributed by atoms with van der Waals surface area (Å²) >= 11 is 0. The van der Waals surface area contributed by atoms with Gasteiger partial charge in [-0.3, -0.25) is 4.79 Å². The van der Waals surface area contributed by atoms with E-state index in [0.29, 0.717) is 17.2 Å². The lowest BCUT2D eigenvalue weighted by Gasteiger charge is -2.12. The highest BCUT2D eigenvalue weighted by atomic mass is 16.1. The number of carbonyl (C=O) groups excluding carboxylic acids is 1. The molecule has 3 aromatic heterocycles. The predicted molar refractivity (Wildman–Crippen MR) is 92.4 cm³/mol. The minimum Gasteiger partial charge on any atom is -0.306 e. The van der Waals surface area contributed by atoms with E-state index in [2.05, 4.69) is 20.4 Å². The minimum atomic E-state index is -0.225. The lowest BCUT2D eigenvalue weighted by Crippen LogP contribution is -2.16. The second-order valence-electron chi connectivity index (χ2n) is 5.87. The molecule has 0 saturated heterocycles. The number of nitrogens with zero attached hydrogens (tertiary/aromatic N) is 4. The van der Waals surface area contributed by atoms with Gasteiger partial charge in [-0.2, -0.15) is 5.10 Å². The van der Waals surface area contributed by atoms with Crippen LogP contribution in [0.5, 0.6) is 0 Å². The monoisotopic (exact) mass is 321 g/mol. The smallest absolute Gasteiger partial charge is 0.260 e. The molecule has 0 fully saturated rings. The molecule has 6 heteroatoms. The molecule has 6 nitrogen and oxygen atoms in total. The average molecular weight is 321 g/mol. The molecule has 3 rings (SSSR count). The molecule has 0 aromatic carbocycles. The van der Waals surface area contributed by atoms with Gasteiger partial charge in [0.15, 0.2) is 5.82 Å². The van der Waals surface area contributed by atoms with Gasteiger partial charge >= 0.3 is 0 Å². The Labute approximate surface area is 140 Å². The number of anilines is 1. The molecule has 3 aromatic rings. The summed E-state index contributed by atoms with van der Waals surface area (Å²) in [5.74, 6) is 1.10. The topological polar surface area (TPSA) is 72.7 Å². The van der Waals surface area contributed by atoms with Gasteiger partial charge in [-0.05, 0) is 36.6 Å². The maximum absolute atomic E-state index is 12.6. The molecule has 0 bridgehead atoms. The Morgan fingerprint density at radius 1 is 1.12 bits per heavy atom. The zero-order valence-corrected chi connectivity index (χ0v) is 13.9. The summed E-state index contributed by atoms with van der Waals surface area (Å²) in [7, 11) is 0. The molecule has 122 valence electrons. The molecule has 0 saturated carbocycles. The first-order valence-corrected chi connectivity index (χ1v) is 7.79. The van der Waals surface area contributed by atoms with Crippen molar-refractivity contribution in [1.82, 2.24) is 19.7 Å². The molecule has 3 heterocycles. The summed E-state index contributed by atoms with van der Waals surface area (Å²) in [5.41, 5.74) is 2.38. The zero-order valence-electron chi connectivity index (χ0n) is 13.9. The SMILES string of the molecule is Cc1ccc(NC(=O)c2cnn(-c3ccccn3)c2C(C)C)nc1. The van der Waals surface area contributed by atoms with E-state index >= 15 is 0 Å². The number of carbonyl (C=O) groups is 1. The van der Waals surface area contributed by atoms with Crippen molar-refractivity contribution in [1.29, 1.82) is 0 Å². The zero-order chi connectivity index (χ0) is 17.1. The number of rotatable bonds is 4. The third-order valence-corrected chi connectivity index (χ3v) is 3.62. The van der Waals surface area contributed by atoms with Crippen molar-refractivity contribution in [2.75, 3.05) is 5.32 Å². The molecule has 1 amide bonds. The van der Waals surface area contributed by atoms with Gasteiger partial charge in [-0.25, -0.2) is 14.6 Å². The first-order valence-electron chi connectivity index (χ1n) is 7.79. The molecule has 0 radical (unpaired) electrons. The molecular weight excluding hydrogens is 302 g/mol. The number of amides is 1. The van der Waals surface area contributed by atoms with E-state index in [-0.39, 0.29) is 11.8 Å². The van der Waals surface area contributed by atoms with Crippen LogP contribution in [0.4, 0.5) is 5.82 Å². The Bertz CT molecular complexity index is 838. The number of hydrogen-bond acceptors (Lipinski definition) is 4. The molecule has 0 atom stereocenters. The fraction of sp³-hybridized carbons (Fsp3) is 0.222. The van der Waals surface area contributed by atoms with Gasteiger partial charge in [0.2, 0.25) is 0 Å². The van der Waals surface area contributed by atoms with E-state index in [1.807, 2.05) is 45.0 Å². The number of nitrogens with one attached hydrogen (secondary N) is 1. The molecule has 0 aliphatic rings. The standard InChI is InChI=1S/C18H19N5O/c1-12(2)17-14(11-21-23(17)16-6-4-5-9-19-16)18(24)22-15-8-7-13(3)10-20-15/h4-12H,1-3H3,(H,20,22,24). The van der Waals surface area contributed by atoms with Crippen LogP contribution in [0.2, 0.25) is 0 Å². The Morgan fingerprint density at radius 3 is 2.58 bits per heavy atom. The molecule has 0 aliphatic heterocycles. The molecule has 0 aliphatic carbocycles. The number of pyridine rings is 2. The second-order valence-corrected chi connectivity index (χ2v) is 5.87. The Kier molecular flexibility index (Phi) is 4.37. The van der Waals surface area contributed by atoms with E-state index < -0.39 is 0 Å². The van der Waals surface area contributed by atoms with Gasteiger partial charge in [0, 0.05) is 12.4 Å². The van der Waals surface area contributed by atoms with Crippen LogP contribution in [0, 0.1) is 6.92 Å². The van der Waals surface area contributed by atoms with Gasteiger partial charge in [-0.15, -0.1) is 0 Å². The average Bonchev–Trinajstić information content (AvgIpc) is 3.03. The van der Waals surface area contributed by atoms with E-state index in [1.165, 1.54) is 0 Å². The highest BCUT2D eigenvalue weighted by Crippen LogP contribution is 2.23. The fourth-order valence-electron chi connectivity index (χ4n) is 2.48. The summed E-state index contributed by atoms with van der Waals surface area (Å²) in [4.78, 5) is 21.2. The molecule has 1 N–H and O–H groups in total. The Balaban J connectivity index is 1.94. The molecular formula is C18H19N5O. The van der Waals surface area contributed by atoms with Crippen LogP contribution in [0.3, 0.4) is 0 Å². The Morgan fingerprint density at radius 2 is 1.96 bits per heavy atom. The van der Waals surface area contributed by atoms with Crippen molar-refractivity contribution in [3.63, 3.8) is 0 Å². The first-order chi connectivity index (χ1) is 11.6. The van der Waals surface area contributed by atoms with E-state index in [9.17, 15) is 4.79 Å². The van der Waals surface area contributed by atoms with Gasteiger partial charge in [0.05, 0.1) is 17.5 Å². The second kappa shape index (κ2) is 6.62. The van der Waals surface area contributed by atoms with Crippen LogP contribution in [0.15, 0.2) is 48.9 Å². The van der Waals surface area contributed by atoms with Crippen LogP contribution in [0.25, 0.3) is 5.82 Å². The quantitative estimate of drug-likeness (QED) is 0.800. The normalized spacial score (nSPS) is 10.8. The number of hydrogen-bond donors (Lipinski definition) is 1. The summed E-state index contributed by atoms with van der Waals surface area (Å²) in [6.07, 6.45) is 5.00. The lowest BCUT2D eigenvalue weighted by atomic mass is 10.1. The molecule has 0 unspecified atom stereocenters. The maximum Gasteiger partial charge on any atom is 0.260 e. The van der Waals surface area contributed by atoms with Crippen LogP contribution in [-0.2, 0) is 0 Å². The fourth-order valence-corrected chi connectivity index (χ4v) is 2.48. The number of aryl methyl sites for hydroxylation is 1. The van der Waals surface area contributed by atoms with Crippen molar-refractivity contribution in [3.8, 4) is 5.82 Å². The first kappa shape index (κ1) is 15.9. The van der Waals surface area contributed by atoms with Crippen molar-refractivity contribution >= 4 is 11.7 Å². The van der Waals surface area contributed by atoms with Gasteiger partial charge in [0.25, 0.3) is 5.91 Å². The number of aromatic nitrogens is 4. The van der Waals surface area contributed by atoms with Crippen molar-refractivity contribution in [2.45, 2.75) is 26.7 Å². The highest BCUT2D eigenvalue weighted by Gasteiger charge is 2.21. The van der Waals surface area contributed by atoms with Gasteiger partial charge in [-0.1, -0.05) is 26.0 Å². The summed E-state index contributed by atoms with van der Waals surface area (Å²) in [6, 6.07) is 9.29. The lowest BCUT2D eigenvalue weighted by molar-refractivity contribution is 0.102. The molecule has 24 heavy (non-hydrogen) atoms.